The Morgan fingerprint density at radius 1 is 1.31 bits per heavy atom. The van der Waals surface area contributed by atoms with E-state index in [4.69, 9.17) is 11.6 Å². The number of halogens is 1. The topological polar surface area (TPSA) is 34.1 Å². The smallest absolute Gasteiger partial charge is 0.153 e. The van der Waals surface area contributed by atoms with Gasteiger partial charge in [0.2, 0.25) is 0 Å². The van der Waals surface area contributed by atoms with Gasteiger partial charge in [-0.25, -0.2) is 8.42 Å². The molecule has 0 unspecified atom stereocenters. The summed E-state index contributed by atoms with van der Waals surface area (Å²) < 4.78 is 22.6. The van der Waals surface area contributed by atoms with Gasteiger partial charge in [-0.15, -0.1) is 11.6 Å². The van der Waals surface area contributed by atoms with Gasteiger partial charge in [0.1, 0.15) is 0 Å². The maximum atomic E-state index is 11.3. The highest BCUT2D eigenvalue weighted by Crippen LogP contribution is 2.07. The van der Waals surface area contributed by atoms with E-state index in [9.17, 15) is 8.42 Å². The second kappa shape index (κ2) is 6.96. The fourth-order valence-electron chi connectivity index (χ4n) is 0.669. The van der Waals surface area contributed by atoms with Crippen LogP contribution in [0.2, 0.25) is 0 Å². The van der Waals surface area contributed by atoms with E-state index in [0.29, 0.717) is 11.6 Å². The van der Waals surface area contributed by atoms with Crippen LogP contribution in [-0.4, -0.2) is 36.8 Å². The zero-order chi connectivity index (χ0) is 10.3. The summed E-state index contributed by atoms with van der Waals surface area (Å²) in [6.07, 6.45) is 0.952. The van der Waals surface area contributed by atoms with Gasteiger partial charge in [0.15, 0.2) is 9.84 Å². The number of thioether (sulfide) groups is 1. The lowest BCUT2D eigenvalue weighted by Crippen LogP contribution is -2.19. The molecule has 0 aliphatic carbocycles. The van der Waals surface area contributed by atoms with Crippen molar-refractivity contribution < 1.29 is 8.42 Å². The van der Waals surface area contributed by atoms with Crippen LogP contribution in [0.5, 0.6) is 0 Å². The summed E-state index contributed by atoms with van der Waals surface area (Å²) in [6, 6.07) is 0. The molecule has 0 saturated heterocycles. The summed E-state index contributed by atoms with van der Waals surface area (Å²) in [5.74, 6) is 2.59. The highest BCUT2D eigenvalue weighted by atomic mass is 35.5. The van der Waals surface area contributed by atoms with Gasteiger partial charge in [-0.2, -0.15) is 11.8 Å². The van der Waals surface area contributed by atoms with Crippen molar-refractivity contribution in [2.75, 3.05) is 23.1 Å². The summed E-state index contributed by atoms with van der Waals surface area (Å²) in [5.41, 5.74) is 0. The van der Waals surface area contributed by atoms with Crippen molar-refractivity contribution >= 4 is 33.2 Å². The van der Waals surface area contributed by atoms with Crippen LogP contribution in [0.4, 0.5) is 0 Å². The molecule has 0 aliphatic rings. The summed E-state index contributed by atoms with van der Waals surface area (Å²) >= 11 is 7.15. The monoisotopic (exact) mass is 244 g/mol. The Morgan fingerprint density at radius 3 is 2.38 bits per heavy atom. The Labute approximate surface area is 90.3 Å². The lowest BCUT2D eigenvalue weighted by molar-refractivity contribution is 0.589. The zero-order valence-corrected chi connectivity index (χ0v) is 10.5. The molecule has 0 aromatic carbocycles. The first kappa shape index (κ1) is 13.6. The zero-order valence-electron chi connectivity index (χ0n) is 8.12. The van der Waals surface area contributed by atoms with Crippen molar-refractivity contribution in [1.82, 2.24) is 0 Å². The quantitative estimate of drug-likeness (QED) is 0.509. The molecule has 0 heterocycles. The van der Waals surface area contributed by atoms with Gasteiger partial charge in [-0.3, -0.25) is 0 Å². The minimum atomic E-state index is -2.84. The predicted octanol–water partition coefficient (Wildman–Crippen LogP) is 2.17. The molecule has 2 nitrogen and oxygen atoms in total. The van der Waals surface area contributed by atoms with Gasteiger partial charge < -0.3 is 0 Å². The van der Waals surface area contributed by atoms with Crippen molar-refractivity contribution in [3.8, 4) is 0 Å². The molecule has 0 rings (SSSR count). The van der Waals surface area contributed by atoms with E-state index in [-0.39, 0.29) is 11.0 Å². The molecule has 0 saturated carbocycles. The van der Waals surface area contributed by atoms with Gasteiger partial charge in [0.05, 0.1) is 11.0 Å². The van der Waals surface area contributed by atoms with E-state index >= 15 is 0 Å². The minimum Gasteiger partial charge on any atom is -0.229 e. The Balaban J connectivity index is 3.53. The van der Waals surface area contributed by atoms with Crippen molar-refractivity contribution in [2.45, 2.75) is 25.5 Å². The highest BCUT2D eigenvalue weighted by Gasteiger charge is 2.14. The first-order chi connectivity index (χ1) is 6.00. The second-order valence-electron chi connectivity index (χ2n) is 3.07. The number of hydrogen-bond acceptors (Lipinski definition) is 3. The highest BCUT2D eigenvalue weighted by molar-refractivity contribution is 8.00. The molecular weight excluding hydrogens is 228 g/mol. The SMILES string of the molecule is CC(C)S(=O)(=O)CCSCCCCl. The van der Waals surface area contributed by atoms with Gasteiger partial charge >= 0.3 is 0 Å². The van der Waals surface area contributed by atoms with Crippen LogP contribution in [0.1, 0.15) is 20.3 Å². The van der Waals surface area contributed by atoms with E-state index in [1.54, 1.807) is 25.6 Å². The molecule has 0 atom stereocenters. The molecule has 0 spiro atoms. The number of rotatable bonds is 7. The van der Waals surface area contributed by atoms with Gasteiger partial charge in [0, 0.05) is 11.6 Å². The molecule has 0 N–H and O–H groups in total. The maximum absolute atomic E-state index is 11.3. The van der Waals surface area contributed by atoms with Crippen LogP contribution in [0.25, 0.3) is 0 Å². The summed E-state index contributed by atoms with van der Waals surface area (Å²) in [4.78, 5) is 0. The number of sulfone groups is 1. The van der Waals surface area contributed by atoms with Crippen LogP contribution in [0.15, 0.2) is 0 Å². The van der Waals surface area contributed by atoms with Gasteiger partial charge in [0.25, 0.3) is 0 Å². The lowest BCUT2D eigenvalue weighted by Gasteiger charge is -2.06. The Bertz CT molecular complexity index is 212. The molecule has 0 fully saturated rings. The Hall–Kier alpha value is 0.590. The van der Waals surface area contributed by atoms with E-state index in [0.717, 1.165) is 12.2 Å². The third-order valence-corrected chi connectivity index (χ3v) is 5.46. The Kier molecular flexibility index (Phi) is 7.27. The average molecular weight is 245 g/mol. The lowest BCUT2D eigenvalue weighted by atomic mass is 10.6. The van der Waals surface area contributed by atoms with Crippen LogP contribution < -0.4 is 0 Å². The second-order valence-corrected chi connectivity index (χ2v) is 7.35. The third kappa shape index (κ3) is 6.63. The fourth-order valence-corrected chi connectivity index (χ4v) is 3.39. The largest absolute Gasteiger partial charge is 0.229 e. The third-order valence-electron chi connectivity index (χ3n) is 1.65. The van der Waals surface area contributed by atoms with E-state index in [1.165, 1.54) is 0 Å². The number of alkyl halides is 1. The molecule has 13 heavy (non-hydrogen) atoms. The predicted molar refractivity (Wildman–Crippen MR) is 61.6 cm³/mol. The van der Waals surface area contributed by atoms with Crippen molar-refractivity contribution in [2.24, 2.45) is 0 Å². The first-order valence-electron chi connectivity index (χ1n) is 4.36. The van der Waals surface area contributed by atoms with E-state index in [2.05, 4.69) is 0 Å². The molecule has 0 aromatic heterocycles. The molecule has 80 valence electrons. The average Bonchev–Trinajstić information content (AvgIpc) is 2.03. The van der Waals surface area contributed by atoms with E-state index in [1.807, 2.05) is 0 Å². The molecule has 0 aromatic rings. The van der Waals surface area contributed by atoms with Gasteiger partial charge in [-0.05, 0) is 26.0 Å². The van der Waals surface area contributed by atoms with Crippen molar-refractivity contribution in [1.29, 1.82) is 0 Å². The van der Waals surface area contributed by atoms with Crippen molar-refractivity contribution in [3.63, 3.8) is 0 Å². The number of hydrogen-bond donors (Lipinski definition) is 0. The molecular formula is C8H17ClO2S2. The Morgan fingerprint density at radius 2 is 1.92 bits per heavy atom. The van der Waals surface area contributed by atoms with Crippen LogP contribution in [0, 0.1) is 0 Å². The van der Waals surface area contributed by atoms with Crippen LogP contribution in [0.3, 0.4) is 0 Å². The fraction of sp³-hybridized carbons (Fsp3) is 1.00. The summed E-state index contributed by atoms with van der Waals surface area (Å²) in [5, 5.41) is -0.249. The molecule has 0 radical (unpaired) electrons. The molecule has 0 amide bonds. The molecule has 0 aliphatic heterocycles. The van der Waals surface area contributed by atoms with E-state index < -0.39 is 9.84 Å². The van der Waals surface area contributed by atoms with Crippen molar-refractivity contribution in [3.05, 3.63) is 0 Å². The normalized spacial score (nSPS) is 12.3. The van der Waals surface area contributed by atoms with Crippen LogP contribution in [-0.2, 0) is 9.84 Å². The minimum absolute atomic E-state index is 0.249. The maximum Gasteiger partial charge on any atom is 0.153 e. The van der Waals surface area contributed by atoms with Gasteiger partial charge in [-0.1, -0.05) is 0 Å². The van der Waals surface area contributed by atoms with Crippen LogP contribution >= 0.6 is 23.4 Å². The summed E-state index contributed by atoms with van der Waals surface area (Å²) in [6.45, 7) is 3.44. The summed E-state index contributed by atoms with van der Waals surface area (Å²) in [7, 11) is -2.84. The standard InChI is InChI=1S/C8H17ClO2S2/c1-8(2)13(10,11)7-6-12-5-3-4-9/h8H,3-7H2,1-2H3. The molecule has 5 heteroatoms. The molecule has 0 bridgehead atoms. The first-order valence-corrected chi connectivity index (χ1v) is 7.76.